The van der Waals surface area contributed by atoms with Crippen molar-refractivity contribution >= 4 is 17.7 Å². The molecule has 1 saturated heterocycles. The average molecular weight is 317 g/mol. The van der Waals surface area contributed by atoms with Crippen molar-refractivity contribution in [3.8, 4) is 0 Å². The molecular formula is C16H23N5O2. The van der Waals surface area contributed by atoms with Gasteiger partial charge in [-0.3, -0.25) is 4.40 Å². The summed E-state index contributed by atoms with van der Waals surface area (Å²) in [6, 6.07) is 2.05. The summed E-state index contributed by atoms with van der Waals surface area (Å²) in [7, 11) is 0. The van der Waals surface area contributed by atoms with Crippen LogP contribution >= 0.6 is 0 Å². The lowest BCUT2D eigenvalue weighted by Crippen LogP contribution is -2.41. The van der Waals surface area contributed by atoms with Crippen LogP contribution in [-0.4, -0.2) is 44.1 Å². The monoisotopic (exact) mass is 317 g/mol. The highest BCUT2D eigenvalue weighted by atomic mass is 16.6. The molecule has 7 heteroatoms. The molecule has 0 radical (unpaired) electrons. The summed E-state index contributed by atoms with van der Waals surface area (Å²) in [6.07, 6.45) is 5.05. The van der Waals surface area contributed by atoms with Gasteiger partial charge in [0, 0.05) is 19.3 Å². The van der Waals surface area contributed by atoms with Gasteiger partial charge in [-0.2, -0.15) is 0 Å². The number of hydrogen-bond acceptors (Lipinski definition) is 5. The lowest BCUT2D eigenvalue weighted by Gasteiger charge is -2.33. The molecular weight excluding hydrogens is 294 g/mol. The molecule has 0 unspecified atom stereocenters. The number of nitrogen functional groups attached to an aromatic ring is 1. The number of rotatable bonds is 1. The van der Waals surface area contributed by atoms with Crippen LogP contribution in [0.15, 0.2) is 18.6 Å². The third-order valence-electron chi connectivity index (χ3n) is 4.07. The second-order valence-corrected chi connectivity index (χ2v) is 6.98. The molecule has 1 aliphatic rings. The number of piperidine rings is 1. The molecule has 2 aromatic heterocycles. The zero-order valence-corrected chi connectivity index (χ0v) is 13.8. The topological polar surface area (TPSA) is 85.8 Å². The van der Waals surface area contributed by atoms with Crippen molar-refractivity contribution in [1.82, 2.24) is 19.3 Å². The van der Waals surface area contributed by atoms with E-state index in [9.17, 15) is 4.79 Å². The first-order valence-electron chi connectivity index (χ1n) is 7.90. The zero-order chi connectivity index (χ0) is 16.6. The first-order valence-corrected chi connectivity index (χ1v) is 7.90. The Morgan fingerprint density at radius 1 is 1.30 bits per heavy atom. The van der Waals surface area contributed by atoms with Crippen molar-refractivity contribution in [3.05, 3.63) is 24.2 Å². The summed E-state index contributed by atoms with van der Waals surface area (Å²) in [6.45, 7) is 7.06. The second-order valence-electron chi connectivity index (χ2n) is 6.98. The molecule has 1 amide bonds. The predicted octanol–water partition coefficient (Wildman–Crippen LogP) is 2.43. The van der Waals surface area contributed by atoms with Gasteiger partial charge in [0.15, 0.2) is 0 Å². The Hall–Kier alpha value is -2.31. The second kappa shape index (κ2) is 5.72. The number of likely N-dealkylation sites (tertiary alicyclic amines) is 1. The van der Waals surface area contributed by atoms with Gasteiger partial charge in [-0.25, -0.2) is 14.8 Å². The standard InChI is InChI=1S/C16H23N5O2/c1-16(2,3)23-15(22)20-6-4-11(5-7-20)12-8-13-18-10-19-14(17)21(13)9-12/h8-11H,4-7H2,1-3H3,(H2,17,18,19). The molecule has 23 heavy (non-hydrogen) atoms. The normalized spacial score (nSPS) is 16.7. The highest BCUT2D eigenvalue weighted by Gasteiger charge is 2.28. The van der Waals surface area contributed by atoms with E-state index in [0.29, 0.717) is 25.0 Å². The smallest absolute Gasteiger partial charge is 0.410 e. The molecule has 0 spiro atoms. The lowest BCUT2D eigenvalue weighted by atomic mass is 9.91. The van der Waals surface area contributed by atoms with E-state index in [1.807, 2.05) is 33.0 Å². The van der Waals surface area contributed by atoms with E-state index in [4.69, 9.17) is 10.5 Å². The van der Waals surface area contributed by atoms with Gasteiger partial charge in [-0.05, 0) is 51.2 Å². The van der Waals surface area contributed by atoms with Crippen LogP contribution in [0.5, 0.6) is 0 Å². The van der Waals surface area contributed by atoms with Crippen molar-refractivity contribution in [1.29, 1.82) is 0 Å². The fourth-order valence-electron chi connectivity index (χ4n) is 2.91. The molecule has 7 nitrogen and oxygen atoms in total. The van der Waals surface area contributed by atoms with Gasteiger partial charge < -0.3 is 15.4 Å². The van der Waals surface area contributed by atoms with Crippen molar-refractivity contribution in [3.63, 3.8) is 0 Å². The van der Waals surface area contributed by atoms with E-state index >= 15 is 0 Å². The maximum Gasteiger partial charge on any atom is 0.410 e. The predicted molar refractivity (Wildman–Crippen MR) is 87.2 cm³/mol. The van der Waals surface area contributed by atoms with Crippen molar-refractivity contribution < 1.29 is 9.53 Å². The number of nitrogens with two attached hydrogens (primary N) is 1. The summed E-state index contributed by atoms with van der Waals surface area (Å²) in [5.74, 6) is 0.835. The van der Waals surface area contributed by atoms with E-state index < -0.39 is 5.60 Å². The number of ether oxygens (including phenoxy) is 1. The minimum absolute atomic E-state index is 0.229. The number of hydrogen-bond donors (Lipinski definition) is 1. The Morgan fingerprint density at radius 2 is 2.00 bits per heavy atom. The summed E-state index contributed by atoms with van der Waals surface area (Å²) >= 11 is 0. The molecule has 124 valence electrons. The molecule has 1 fully saturated rings. The van der Waals surface area contributed by atoms with Crippen LogP contribution in [0.25, 0.3) is 5.65 Å². The van der Waals surface area contributed by atoms with Gasteiger partial charge >= 0.3 is 6.09 Å². The van der Waals surface area contributed by atoms with Crippen molar-refractivity contribution in [2.24, 2.45) is 0 Å². The van der Waals surface area contributed by atoms with Gasteiger partial charge in [0.2, 0.25) is 5.95 Å². The number of carbonyl (C=O) groups is 1. The Bertz CT molecular complexity index is 711. The Kier molecular flexibility index (Phi) is 3.87. The molecule has 1 aliphatic heterocycles. The van der Waals surface area contributed by atoms with Crippen LogP contribution in [-0.2, 0) is 4.74 Å². The minimum atomic E-state index is -0.454. The molecule has 2 N–H and O–H groups in total. The third-order valence-corrected chi connectivity index (χ3v) is 4.07. The maximum absolute atomic E-state index is 12.1. The molecule has 0 aromatic carbocycles. The van der Waals surface area contributed by atoms with Crippen molar-refractivity contribution in [2.75, 3.05) is 18.8 Å². The van der Waals surface area contributed by atoms with Crippen LogP contribution in [0.3, 0.4) is 0 Å². The summed E-state index contributed by atoms with van der Waals surface area (Å²) < 4.78 is 7.23. The van der Waals surface area contributed by atoms with Crippen LogP contribution < -0.4 is 5.73 Å². The number of fused-ring (bicyclic) bond motifs is 1. The molecule has 2 aromatic rings. The van der Waals surface area contributed by atoms with E-state index in [0.717, 1.165) is 18.5 Å². The first-order chi connectivity index (χ1) is 10.8. The summed E-state index contributed by atoms with van der Waals surface area (Å²) in [5.41, 5.74) is 7.41. The third kappa shape index (κ3) is 3.38. The first kappa shape index (κ1) is 15.6. The van der Waals surface area contributed by atoms with Gasteiger partial charge in [0.1, 0.15) is 17.6 Å². The molecule has 3 heterocycles. The van der Waals surface area contributed by atoms with Crippen LogP contribution in [0.1, 0.15) is 45.1 Å². The summed E-state index contributed by atoms with van der Waals surface area (Å²) in [4.78, 5) is 22.1. The Morgan fingerprint density at radius 3 is 2.61 bits per heavy atom. The van der Waals surface area contributed by atoms with Crippen LogP contribution in [0, 0.1) is 0 Å². The summed E-state index contributed by atoms with van der Waals surface area (Å²) in [5, 5.41) is 0. The van der Waals surface area contributed by atoms with Gasteiger partial charge in [0.25, 0.3) is 0 Å². The van der Waals surface area contributed by atoms with Gasteiger partial charge in [-0.1, -0.05) is 0 Å². The van der Waals surface area contributed by atoms with Crippen molar-refractivity contribution in [2.45, 2.75) is 45.1 Å². The largest absolute Gasteiger partial charge is 0.444 e. The molecule has 3 rings (SSSR count). The molecule has 0 bridgehead atoms. The van der Waals surface area contributed by atoms with E-state index in [1.54, 1.807) is 9.30 Å². The zero-order valence-electron chi connectivity index (χ0n) is 13.8. The van der Waals surface area contributed by atoms with Gasteiger partial charge in [0.05, 0.1) is 0 Å². The Labute approximate surface area is 135 Å². The Balaban J connectivity index is 1.66. The van der Waals surface area contributed by atoms with E-state index in [-0.39, 0.29) is 6.09 Å². The number of carbonyl (C=O) groups excluding carboxylic acids is 1. The average Bonchev–Trinajstić information content (AvgIpc) is 2.91. The highest BCUT2D eigenvalue weighted by Crippen LogP contribution is 2.30. The molecule has 0 atom stereocenters. The molecule has 0 saturated carbocycles. The number of nitrogens with zero attached hydrogens (tertiary/aromatic N) is 4. The van der Waals surface area contributed by atoms with Gasteiger partial charge in [-0.15, -0.1) is 0 Å². The fourth-order valence-corrected chi connectivity index (χ4v) is 2.91. The van der Waals surface area contributed by atoms with Crippen LogP contribution in [0.4, 0.5) is 10.7 Å². The SMILES string of the molecule is CC(C)(C)OC(=O)N1CCC(c2cc3ncnc(N)n3c2)CC1. The van der Waals surface area contributed by atoms with E-state index in [2.05, 4.69) is 9.97 Å². The lowest BCUT2D eigenvalue weighted by molar-refractivity contribution is 0.0205. The quantitative estimate of drug-likeness (QED) is 0.873. The van der Waals surface area contributed by atoms with E-state index in [1.165, 1.54) is 11.9 Å². The number of amides is 1. The highest BCUT2D eigenvalue weighted by molar-refractivity contribution is 5.68. The fraction of sp³-hybridized carbons (Fsp3) is 0.562. The minimum Gasteiger partial charge on any atom is -0.444 e. The number of anilines is 1. The maximum atomic E-state index is 12.1. The van der Waals surface area contributed by atoms with Crippen LogP contribution in [0.2, 0.25) is 0 Å². The number of aromatic nitrogens is 3. The molecule has 0 aliphatic carbocycles.